The minimum Gasteiger partial charge on any atom is -0.123 e. The van der Waals surface area contributed by atoms with E-state index in [1.807, 2.05) is 0 Å². The molecule has 1 saturated carbocycles. The van der Waals surface area contributed by atoms with Crippen LogP contribution in [0.3, 0.4) is 0 Å². The van der Waals surface area contributed by atoms with Gasteiger partial charge < -0.3 is 0 Å². The van der Waals surface area contributed by atoms with Gasteiger partial charge in [-0.1, -0.05) is 46.0 Å². The summed E-state index contributed by atoms with van der Waals surface area (Å²) in [5.74, 6) is 1.81. The Morgan fingerprint density at radius 1 is 1.14 bits per heavy atom. The third-order valence-electron chi connectivity index (χ3n) is 3.73. The van der Waals surface area contributed by atoms with Gasteiger partial charge in [0, 0.05) is 5.38 Å². The van der Waals surface area contributed by atoms with Crippen molar-refractivity contribution in [2.45, 2.75) is 70.6 Å². The molecule has 0 radical (unpaired) electrons. The SMILES string of the molecule is CCCC1CCCC(C(Cl)CC)CC1. The first-order chi connectivity index (χ1) is 6.77. The number of hydrogen-bond donors (Lipinski definition) is 0. The van der Waals surface area contributed by atoms with E-state index in [-0.39, 0.29) is 0 Å². The maximum Gasteiger partial charge on any atom is 0.0361 e. The third-order valence-corrected chi connectivity index (χ3v) is 4.40. The fourth-order valence-corrected chi connectivity index (χ4v) is 3.05. The lowest BCUT2D eigenvalue weighted by atomic mass is 9.92. The molecule has 0 amide bonds. The molecule has 0 spiro atoms. The van der Waals surface area contributed by atoms with E-state index in [4.69, 9.17) is 11.6 Å². The summed E-state index contributed by atoms with van der Waals surface area (Å²) < 4.78 is 0. The first kappa shape index (κ1) is 12.4. The Kier molecular flexibility index (Phi) is 5.93. The molecule has 84 valence electrons. The molecule has 14 heavy (non-hydrogen) atoms. The molecule has 0 N–H and O–H groups in total. The molecule has 1 fully saturated rings. The van der Waals surface area contributed by atoms with Crippen LogP contribution in [0.2, 0.25) is 0 Å². The van der Waals surface area contributed by atoms with Crippen LogP contribution in [0.4, 0.5) is 0 Å². The maximum atomic E-state index is 6.34. The molecule has 3 unspecified atom stereocenters. The van der Waals surface area contributed by atoms with Crippen LogP contribution < -0.4 is 0 Å². The van der Waals surface area contributed by atoms with Crippen molar-refractivity contribution in [3.8, 4) is 0 Å². The average Bonchev–Trinajstić information content (AvgIpc) is 2.43. The zero-order valence-electron chi connectivity index (χ0n) is 9.77. The van der Waals surface area contributed by atoms with Gasteiger partial charge in [0.1, 0.15) is 0 Å². The summed E-state index contributed by atoms with van der Waals surface area (Å²) >= 11 is 6.34. The van der Waals surface area contributed by atoms with Crippen LogP contribution in [0.5, 0.6) is 0 Å². The number of alkyl halides is 1. The van der Waals surface area contributed by atoms with Crippen molar-refractivity contribution in [2.75, 3.05) is 0 Å². The summed E-state index contributed by atoms with van der Waals surface area (Å²) in [6, 6.07) is 0. The van der Waals surface area contributed by atoms with Crippen molar-refractivity contribution in [2.24, 2.45) is 11.8 Å². The van der Waals surface area contributed by atoms with Crippen molar-refractivity contribution < 1.29 is 0 Å². The molecule has 0 aromatic carbocycles. The largest absolute Gasteiger partial charge is 0.123 e. The lowest BCUT2D eigenvalue weighted by molar-refractivity contribution is 0.397. The van der Waals surface area contributed by atoms with E-state index in [0.29, 0.717) is 5.38 Å². The van der Waals surface area contributed by atoms with Crippen molar-refractivity contribution in [3.63, 3.8) is 0 Å². The second-order valence-electron chi connectivity index (χ2n) is 4.85. The monoisotopic (exact) mass is 216 g/mol. The highest BCUT2D eigenvalue weighted by Gasteiger charge is 2.22. The van der Waals surface area contributed by atoms with Crippen LogP contribution in [0, 0.1) is 11.8 Å². The van der Waals surface area contributed by atoms with Crippen molar-refractivity contribution in [1.82, 2.24) is 0 Å². The Morgan fingerprint density at radius 2 is 1.93 bits per heavy atom. The molecule has 0 saturated heterocycles. The van der Waals surface area contributed by atoms with E-state index < -0.39 is 0 Å². The molecule has 0 bridgehead atoms. The quantitative estimate of drug-likeness (QED) is 0.458. The second-order valence-corrected chi connectivity index (χ2v) is 5.41. The normalized spacial score (nSPS) is 31.1. The van der Waals surface area contributed by atoms with Gasteiger partial charge in [0.2, 0.25) is 0 Å². The van der Waals surface area contributed by atoms with Gasteiger partial charge in [0.15, 0.2) is 0 Å². The molecule has 1 aliphatic rings. The van der Waals surface area contributed by atoms with Crippen LogP contribution in [-0.4, -0.2) is 5.38 Å². The molecule has 0 aromatic heterocycles. The summed E-state index contributed by atoms with van der Waals surface area (Å²) in [7, 11) is 0. The first-order valence-electron chi connectivity index (χ1n) is 6.42. The zero-order chi connectivity index (χ0) is 10.4. The molecular formula is C13H25Cl. The molecule has 0 aliphatic heterocycles. The second kappa shape index (κ2) is 6.71. The van der Waals surface area contributed by atoms with Crippen molar-refractivity contribution >= 4 is 11.6 Å². The molecule has 1 rings (SSSR count). The van der Waals surface area contributed by atoms with Gasteiger partial charge in [0.25, 0.3) is 0 Å². The Bertz CT molecular complexity index is 144. The highest BCUT2D eigenvalue weighted by atomic mass is 35.5. The summed E-state index contributed by atoms with van der Waals surface area (Å²) in [6.45, 7) is 4.52. The van der Waals surface area contributed by atoms with Gasteiger partial charge in [-0.25, -0.2) is 0 Å². The predicted octanol–water partition coefficient (Wildman–Crippen LogP) is 5.00. The molecule has 0 nitrogen and oxygen atoms in total. The highest BCUT2D eigenvalue weighted by Crippen LogP contribution is 2.33. The maximum absolute atomic E-state index is 6.34. The van der Waals surface area contributed by atoms with Crippen LogP contribution in [0.25, 0.3) is 0 Å². The van der Waals surface area contributed by atoms with Gasteiger partial charge in [-0.2, -0.15) is 0 Å². The standard InChI is InChI=1S/C13H25Cl/c1-3-6-11-7-5-8-12(10-9-11)13(14)4-2/h11-13H,3-10H2,1-2H3. The fraction of sp³-hybridized carbons (Fsp3) is 1.00. The summed E-state index contributed by atoms with van der Waals surface area (Å²) in [4.78, 5) is 0. The Hall–Kier alpha value is 0.290. The van der Waals surface area contributed by atoms with E-state index in [0.717, 1.165) is 18.3 Å². The van der Waals surface area contributed by atoms with Crippen molar-refractivity contribution in [1.29, 1.82) is 0 Å². The van der Waals surface area contributed by atoms with E-state index in [1.165, 1.54) is 44.9 Å². The molecule has 0 aromatic rings. The minimum atomic E-state index is 0.440. The van der Waals surface area contributed by atoms with Gasteiger partial charge in [0.05, 0.1) is 0 Å². The van der Waals surface area contributed by atoms with E-state index >= 15 is 0 Å². The van der Waals surface area contributed by atoms with Crippen molar-refractivity contribution in [3.05, 3.63) is 0 Å². The predicted molar refractivity (Wildman–Crippen MR) is 64.9 cm³/mol. The van der Waals surface area contributed by atoms with E-state index in [9.17, 15) is 0 Å². The third kappa shape index (κ3) is 3.81. The van der Waals surface area contributed by atoms with Crippen LogP contribution in [0.15, 0.2) is 0 Å². The number of rotatable bonds is 4. The number of hydrogen-bond acceptors (Lipinski definition) is 0. The lowest BCUT2D eigenvalue weighted by Gasteiger charge is -2.19. The molecule has 1 heteroatoms. The zero-order valence-corrected chi connectivity index (χ0v) is 10.5. The Labute approximate surface area is 94.4 Å². The van der Waals surface area contributed by atoms with Gasteiger partial charge in [-0.05, 0) is 31.1 Å². The van der Waals surface area contributed by atoms with E-state index in [1.54, 1.807) is 0 Å². The lowest BCUT2D eigenvalue weighted by Crippen LogP contribution is -2.13. The Balaban J connectivity index is 2.32. The van der Waals surface area contributed by atoms with Gasteiger partial charge in [-0.15, -0.1) is 11.6 Å². The average molecular weight is 217 g/mol. The van der Waals surface area contributed by atoms with Crippen LogP contribution >= 0.6 is 11.6 Å². The summed E-state index contributed by atoms with van der Waals surface area (Å²) in [5.41, 5.74) is 0. The molecule has 3 atom stereocenters. The topological polar surface area (TPSA) is 0 Å². The fourth-order valence-electron chi connectivity index (χ4n) is 2.80. The number of halogens is 1. The molecule has 1 aliphatic carbocycles. The first-order valence-corrected chi connectivity index (χ1v) is 6.85. The molecule has 0 heterocycles. The highest BCUT2D eigenvalue weighted by molar-refractivity contribution is 6.20. The Morgan fingerprint density at radius 3 is 2.57 bits per heavy atom. The van der Waals surface area contributed by atoms with Gasteiger partial charge >= 0.3 is 0 Å². The summed E-state index contributed by atoms with van der Waals surface area (Å²) in [6.07, 6.45) is 11.0. The van der Waals surface area contributed by atoms with Crippen LogP contribution in [0.1, 0.15) is 65.2 Å². The summed E-state index contributed by atoms with van der Waals surface area (Å²) in [5, 5.41) is 0.440. The van der Waals surface area contributed by atoms with E-state index in [2.05, 4.69) is 13.8 Å². The smallest absolute Gasteiger partial charge is 0.0361 e. The minimum absolute atomic E-state index is 0.440. The molecular weight excluding hydrogens is 192 g/mol. The van der Waals surface area contributed by atoms with Gasteiger partial charge in [-0.3, -0.25) is 0 Å². The van der Waals surface area contributed by atoms with Crippen LogP contribution in [-0.2, 0) is 0 Å².